The predicted molar refractivity (Wildman–Crippen MR) is 99.4 cm³/mol. The Kier molecular flexibility index (Phi) is 6.38. The summed E-state index contributed by atoms with van der Waals surface area (Å²) in [5, 5.41) is 1.98. The molecule has 6 heteroatoms. The molecule has 3 rings (SSSR count). The number of carbonyl (C=O) groups excluding carboxylic acids is 1. The van der Waals surface area contributed by atoms with Crippen LogP contribution in [0.15, 0.2) is 18.2 Å². The van der Waals surface area contributed by atoms with Crippen LogP contribution in [0.5, 0.6) is 11.5 Å². The normalized spacial score (nSPS) is 21.8. The van der Waals surface area contributed by atoms with E-state index in [-0.39, 0.29) is 0 Å². The zero-order chi connectivity index (χ0) is 18.5. The standard InChI is InChI=1S/C20H30N2O4/c1-24-18-11-17(12-19(13-18)25-2)16-6-7-21(14-16)20(23)10-15-4-8-22(26-3)9-5-15/h11-13,15-16H,4-10,14H2,1-3H3. The smallest absolute Gasteiger partial charge is 0.222 e. The fourth-order valence-electron chi connectivity index (χ4n) is 4.00. The Morgan fingerprint density at radius 2 is 1.65 bits per heavy atom. The second-order valence-corrected chi connectivity index (χ2v) is 7.23. The van der Waals surface area contributed by atoms with Crippen LogP contribution in [-0.4, -0.2) is 63.4 Å². The maximum atomic E-state index is 12.7. The lowest BCUT2D eigenvalue weighted by Crippen LogP contribution is -2.36. The second kappa shape index (κ2) is 8.73. The average Bonchev–Trinajstić information content (AvgIpc) is 3.18. The minimum Gasteiger partial charge on any atom is -0.497 e. The summed E-state index contributed by atoms with van der Waals surface area (Å²) in [6, 6.07) is 6.00. The van der Waals surface area contributed by atoms with Gasteiger partial charge in [-0.15, -0.1) is 0 Å². The molecule has 0 radical (unpaired) electrons. The quantitative estimate of drug-likeness (QED) is 0.779. The maximum absolute atomic E-state index is 12.7. The molecule has 1 aromatic rings. The summed E-state index contributed by atoms with van der Waals surface area (Å²) in [6.07, 6.45) is 3.71. The first-order chi connectivity index (χ1) is 12.6. The highest BCUT2D eigenvalue weighted by molar-refractivity contribution is 5.77. The van der Waals surface area contributed by atoms with E-state index < -0.39 is 0 Å². The molecule has 6 nitrogen and oxygen atoms in total. The summed E-state index contributed by atoms with van der Waals surface area (Å²) >= 11 is 0. The van der Waals surface area contributed by atoms with Gasteiger partial charge in [-0.05, 0) is 42.9 Å². The lowest BCUT2D eigenvalue weighted by Gasteiger charge is -2.30. The van der Waals surface area contributed by atoms with Crippen molar-refractivity contribution in [3.63, 3.8) is 0 Å². The largest absolute Gasteiger partial charge is 0.497 e. The monoisotopic (exact) mass is 362 g/mol. The molecule has 2 aliphatic rings. The molecule has 1 atom stereocenters. The number of hydrogen-bond acceptors (Lipinski definition) is 5. The van der Waals surface area contributed by atoms with Crippen molar-refractivity contribution in [2.45, 2.75) is 31.6 Å². The van der Waals surface area contributed by atoms with E-state index in [1.807, 2.05) is 16.0 Å². The SMILES string of the molecule is COc1cc(OC)cc(C2CCN(C(=O)CC3CCN(OC)CC3)C2)c1. The lowest BCUT2D eigenvalue weighted by atomic mass is 9.94. The summed E-state index contributed by atoms with van der Waals surface area (Å²) < 4.78 is 10.7. The number of carbonyl (C=O) groups is 1. The first kappa shape index (κ1) is 19.0. The third kappa shape index (κ3) is 4.48. The van der Waals surface area contributed by atoms with E-state index in [2.05, 4.69) is 12.1 Å². The van der Waals surface area contributed by atoms with E-state index in [4.69, 9.17) is 14.3 Å². The van der Waals surface area contributed by atoms with E-state index >= 15 is 0 Å². The number of hydroxylamine groups is 2. The summed E-state index contributed by atoms with van der Waals surface area (Å²) in [5.41, 5.74) is 1.19. The Labute approximate surface area is 156 Å². The van der Waals surface area contributed by atoms with Gasteiger partial charge >= 0.3 is 0 Å². The van der Waals surface area contributed by atoms with Crippen molar-refractivity contribution in [1.29, 1.82) is 0 Å². The molecular formula is C20H30N2O4. The van der Waals surface area contributed by atoms with Crippen LogP contribution in [0.3, 0.4) is 0 Å². The molecule has 2 saturated heterocycles. The molecule has 26 heavy (non-hydrogen) atoms. The van der Waals surface area contributed by atoms with Crippen LogP contribution in [0.25, 0.3) is 0 Å². The van der Waals surface area contributed by atoms with Crippen molar-refractivity contribution in [3.05, 3.63) is 23.8 Å². The first-order valence-electron chi connectivity index (χ1n) is 9.42. The number of methoxy groups -OCH3 is 2. The molecule has 2 heterocycles. The van der Waals surface area contributed by atoms with Gasteiger partial charge in [0.2, 0.25) is 5.91 Å². The Morgan fingerprint density at radius 3 is 2.23 bits per heavy atom. The highest BCUT2D eigenvalue weighted by Crippen LogP contribution is 2.33. The maximum Gasteiger partial charge on any atom is 0.222 e. The number of hydrogen-bond donors (Lipinski definition) is 0. The van der Waals surface area contributed by atoms with E-state index in [1.165, 1.54) is 5.56 Å². The zero-order valence-corrected chi connectivity index (χ0v) is 16.1. The zero-order valence-electron chi connectivity index (χ0n) is 16.1. The van der Waals surface area contributed by atoms with Gasteiger partial charge < -0.3 is 19.2 Å². The number of piperidine rings is 1. The molecule has 0 bridgehead atoms. The number of likely N-dealkylation sites (tertiary alicyclic amines) is 1. The van der Waals surface area contributed by atoms with E-state index in [1.54, 1.807) is 21.3 Å². The van der Waals surface area contributed by atoms with Crippen molar-refractivity contribution in [3.8, 4) is 11.5 Å². The fraction of sp³-hybridized carbons (Fsp3) is 0.650. The minimum absolute atomic E-state index is 0.290. The Hall–Kier alpha value is -1.79. The van der Waals surface area contributed by atoms with Crippen molar-refractivity contribution < 1.29 is 19.1 Å². The third-order valence-corrected chi connectivity index (χ3v) is 5.68. The van der Waals surface area contributed by atoms with Gasteiger partial charge in [0.15, 0.2) is 0 Å². The molecule has 1 amide bonds. The molecule has 1 aromatic carbocycles. The number of ether oxygens (including phenoxy) is 2. The Morgan fingerprint density at radius 1 is 1.00 bits per heavy atom. The van der Waals surface area contributed by atoms with Crippen LogP contribution < -0.4 is 9.47 Å². The third-order valence-electron chi connectivity index (χ3n) is 5.68. The number of benzene rings is 1. The summed E-state index contributed by atoms with van der Waals surface area (Å²) in [5.74, 6) is 2.71. The van der Waals surface area contributed by atoms with Gasteiger partial charge in [0.25, 0.3) is 0 Å². The molecule has 0 N–H and O–H groups in total. The van der Waals surface area contributed by atoms with E-state index in [0.29, 0.717) is 24.2 Å². The van der Waals surface area contributed by atoms with E-state index in [9.17, 15) is 4.79 Å². The molecule has 2 aliphatic heterocycles. The molecule has 144 valence electrons. The fourth-order valence-corrected chi connectivity index (χ4v) is 4.00. The van der Waals surface area contributed by atoms with E-state index in [0.717, 1.165) is 56.9 Å². The van der Waals surface area contributed by atoms with Crippen molar-refractivity contribution >= 4 is 5.91 Å². The highest BCUT2D eigenvalue weighted by atomic mass is 16.7. The van der Waals surface area contributed by atoms with Gasteiger partial charge in [0.05, 0.1) is 21.3 Å². The van der Waals surface area contributed by atoms with Crippen molar-refractivity contribution in [2.24, 2.45) is 5.92 Å². The van der Waals surface area contributed by atoms with Crippen molar-refractivity contribution in [2.75, 3.05) is 47.5 Å². The molecule has 2 fully saturated rings. The van der Waals surface area contributed by atoms with Crippen LogP contribution in [0.2, 0.25) is 0 Å². The second-order valence-electron chi connectivity index (χ2n) is 7.23. The molecular weight excluding hydrogens is 332 g/mol. The van der Waals surface area contributed by atoms with Crippen LogP contribution in [0.4, 0.5) is 0 Å². The molecule has 0 spiro atoms. The summed E-state index contributed by atoms with van der Waals surface area (Å²) in [7, 11) is 5.04. The van der Waals surface area contributed by atoms with Crippen LogP contribution in [0.1, 0.15) is 37.2 Å². The Balaban J connectivity index is 1.56. The van der Waals surface area contributed by atoms with Crippen molar-refractivity contribution in [1.82, 2.24) is 9.96 Å². The van der Waals surface area contributed by atoms with Gasteiger partial charge in [-0.1, -0.05) is 0 Å². The van der Waals surface area contributed by atoms with Gasteiger partial charge in [-0.25, -0.2) is 0 Å². The number of rotatable bonds is 6. The van der Waals surface area contributed by atoms with Crippen LogP contribution in [-0.2, 0) is 9.63 Å². The average molecular weight is 362 g/mol. The molecule has 0 aliphatic carbocycles. The lowest BCUT2D eigenvalue weighted by molar-refractivity contribution is -0.151. The van der Waals surface area contributed by atoms with Gasteiger partial charge in [0, 0.05) is 44.6 Å². The highest BCUT2D eigenvalue weighted by Gasteiger charge is 2.30. The van der Waals surface area contributed by atoms with Gasteiger partial charge in [-0.3, -0.25) is 4.79 Å². The number of amides is 1. The topological polar surface area (TPSA) is 51.2 Å². The molecule has 0 aromatic heterocycles. The van der Waals surface area contributed by atoms with Gasteiger partial charge in [0.1, 0.15) is 11.5 Å². The summed E-state index contributed by atoms with van der Waals surface area (Å²) in [4.78, 5) is 20.0. The minimum atomic E-state index is 0.290. The Bertz CT molecular complexity index is 592. The van der Waals surface area contributed by atoms with Crippen LogP contribution in [0, 0.1) is 5.92 Å². The van der Waals surface area contributed by atoms with Gasteiger partial charge in [-0.2, -0.15) is 5.06 Å². The molecule has 1 unspecified atom stereocenters. The molecule has 0 saturated carbocycles. The predicted octanol–water partition coefficient (Wildman–Crippen LogP) is 2.68. The van der Waals surface area contributed by atoms with Crippen LogP contribution >= 0.6 is 0 Å². The first-order valence-corrected chi connectivity index (χ1v) is 9.42. The number of nitrogens with zero attached hydrogens (tertiary/aromatic N) is 2. The summed E-state index contributed by atoms with van der Waals surface area (Å²) in [6.45, 7) is 3.45.